The summed E-state index contributed by atoms with van der Waals surface area (Å²) in [6.45, 7) is 4.16. The number of nitrogens with zero attached hydrogens (tertiary/aromatic N) is 1. The van der Waals surface area contributed by atoms with Crippen molar-refractivity contribution < 1.29 is 28.6 Å². The standard InChI is InChI=1S/C30H25NO6/c1-3-15-36-22-13-7-11-20(16-22)26-25(28(33)30(34)31(26)18-19-9-5-4-6-10-19)27(32)24-17-21-12-8-14-23(35-2)29(21)37-24/h3-14,16-17,26,33H,1,15,18H2,2H3. The van der Waals surface area contributed by atoms with E-state index >= 15 is 0 Å². The molecule has 3 aromatic carbocycles. The van der Waals surface area contributed by atoms with Crippen LogP contribution in [0.5, 0.6) is 11.5 Å². The van der Waals surface area contributed by atoms with Crippen molar-refractivity contribution in [1.82, 2.24) is 4.90 Å². The Labute approximate surface area is 213 Å². The molecule has 1 aromatic heterocycles. The first-order valence-corrected chi connectivity index (χ1v) is 11.7. The third-order valence-corrected chi connectivity index (χ3v) is 6.24. The number of methoxy groups -OCH3 is 1. The number of aliphatic hydroxyl groups is 1. The van der Waals surface area contributed by atoms with E-state index in [0.717, 1.165) is 5.56 Å². The van der Waals surface area contributed by atoms with Crippen molar-refractivity contribution in [2.45, 2.75) is 12.6 Å². The first-order chi connectivity index (χ1) is 18.0. The molecule has 2 heterocycles. The molecule has 0 bridgehead atoms. The van der Waals surface area contributed by atoms with Gasteiger partial charge in [-0.15, -0.1) is 0 Å². The van der Waals surface area contributed by atoms with Gasteiger partial charge < -0.3 is 23.9 Å². The smallest absolute Gasteiger partial charge is 0.290 e. The Morgan fingerprint density at radius 3 is 2.62 bits per heavy atom. The molecule has 1 aliphatic rings. The van der Waals surface area contributed by atoms with Crippen LogP contribution in [0.1, 0.15) is 27.7 Å². The van der Waals surface area contributed by atoms with E-state index < -0.39 is 23.5 Å². The molecule has 0 radical (unpaired) electrons. The molecule has 7 heteroatoms. The fraction of sp³-hybridized carbons (Fsp3) is 0.133. The second-order valence-corrected chi connectivity index (χ2v) is 8.57. The SMILES string of the molecule is C=CCOc1cccc(C2C(C(=O)c3cc4cccc(OC)c4o3)=C(O)C(=O)N2Cc2ccccc2)c1. The summed E-state index contributed by atoms with van der Waals surface area (Å²) in [5.74, 6) is -0.789. The summed E-state index contributed by atoms with van der Waals surface area (Å²) in [6, 6.07) is 22.6. The number of benzene rings is 3. The molecule has 186 valence electrons. The van der Waals surface area contributed by atoms with Gasteiger partial charge in [-0.05, 0) is 35.4 Å². The number of Topliss-reactive ketones (excluding diaryl/α,β-unsaturated/α-hetero) is 1. The van der Waals surface area contributed by atoms with E-state index in [4.69, 9.17) is 13.9 Å². The number of para-hydroxylation sites is 1. The van der Waals surface area contributed by atoms with E-state index in [9.17, 15) is 14.7 Å². The number of carbonyl (C=O) groups excluding carboxylic acids is 2. The third kappa shape index (κ3) is 4.47. The number of fused-ring (bicyclic) bond motifs is 1. The van der Waals surface area contributed by atoms with Gasteiger partial charge >= 0.3 is 0 Å². The highest BCUT2D eigenvalue weighted by Crippen LogP contribution is 2.41. The highest BCUT2D eigenvalue weighted by atomic mass is 16.5. The van der Waals surface area contributed by atoms with Gasteiger partial charge in [0.1, 0.15) is 12.4 Å². The molecule has 1 amide bonds. The van der Waals surface area contributed by atoms with E-state index in [0.29, 0.717) is 34.6 Å². The number of carbonyl (C=O) groups is 2. The van der Waals surface area contributed by atoms with Crippen LogP contribution in [0, 0.1) is 0 Å². The minimum absolute atomic E-state index is 0.000488. The first-order valence-electron chi connectivity index (χ1n) is 11.7. The van der Waals surface area contributed by atoms with Crippen LogP contribution in [0.25, 0.3) is 11.0 Å². The fourth-order valence-corrected chi connectivity index (χ4v) is 4.55. The summed E-state index contributed by atoms with van der Waals surface area (Å²) in [7, 11) is 1.52. The van der Waals surface area contributed by atoms with Gasteiger partial charge in [0.15, 0.2) is 22.9 Å². The highest BCUT2D eigenvalue weighted by Gasteiger charge is 2.44. The zero-order valence-electron chi connectivity index (χ0n) is 20.2. The molecule has 4 aromatic rings. The number of aliphatic hydroxyl groups excluding tert-OH is 1. The molecular weight excluding hydrogens is 470 g/mol. The van der Waals surface area contributed by atoms with Gasteiger partial charge in [0.2, 0.25) is 5.78 Å². The Balaban J connectivity index is 1.60. The molecule has 0 spiro atoms. The average Bonchev–Trinajstić information content (AvgIpc) is 3.47. The predicted octanol–water partition coefficient (Wildman–Crippen LogP) is 5.78. The van der Waals surface area contributed by atoms with Crippen molar-refractivity contribution in [1.29, 1.82) is 0 Å². The number of ether oxygens (including phenoxy) is 2. The zero-order chi connectivity index (χ0) is 25.9. The summed E-state index contributed by atoms with van der Waals surface area (Å²) in [5, 5.41) is 11.7. The number of furan rings is 1. The lowest BCUT2D eigenvalue weighted by Crippen LogP contribution is -2.30. The van der Waals surface area contributed by atoms with Gasteiger partial charge in [-0.3, -0.25) is 9.59 Å². The van der Waals surface area contributed by atoms with Gasteiger partial charge in [0.05, 0.1) is 18.7 Å². The van der Waals surface area contributed by atoms with Crippen molar-refractivity contribution in [2.24, 2.45) is 0 Å². The summed E-state index contributed by atoms with van der Waals surface area (Å²) in [5.41, 5.74) is 1.83. The van der Waals surface area contributed by atoms with Crippen LogP contribution in [0.3, 0.4) is 0 Å². The van der Waals surface area contributed by atoms with E-state index in [2.05, 4.69) is 6.58 Å². The Hall–Kier alpha value is -4.78. The lowest BCUT2D eigenvalue weighted by Gasteiger charge is -2.27. The van der Waals surface area contributed by atoms with Crippen molar-refractivity contribution in [3.05, 3.63) is 120 Å². The maximum Gasteiger partial charge on any atom is 0.290 e. The molecule has 0 saturated heterocycles. The van der Waals surface area contributed by atoms with Gasteiger partial charge in [-0.1, -0.05) is 67.3 Å². The van der Waals surface area contributed by atoms with Crippen molar-refractivity contribution in [3.8, 4) is 11.5 Å². The Kier molecular flexibility index (Phi) is 6.51. The average molecular weight is 496 g/mol. The van der Waals surface area contributed by atoms with Crippen LogP contribution >= 0.6 is 0 Å². The third-order valence-electron chi connectivity index (χ3n) is 6.24. The largest absolute Gasteiger partial charge is 0.503 e. The highest BCUT2D eigenvalue weighted by molar-refractivity contribution is 6.16. The quantitative estimate of drug-likeness (QED) is 0.234. The number of amides is 1. The molecule has 37 heavy (non-hydrogen) atoms. The molecule has 1 atom stereocenters. The molecule has 0 aliphatic carbocycles. The molecule has 7 nitrogen and oxygen atoms in total. The Morgan fingerprint density at radius 1 is 1.08 bits per heavy atom. The van der Waals surface area contributed by atoms with Crippen LogP contribution in [0.2, 0.25) is 0 Å². The molecule has 1 unspecified atom stereocenters. The normalized spacial score (nSPS) is 15.3. The first kappa shape index (κ1) is 23.9. The summed E-state index contributed by atoms with van der Waals surface area (Å²) >= 11 is 0. The van der Waals surface area contributed by atoms with Gasteiger partial charge in [0.25, 0.3) is 5.91 Å². The van der Waals surface area contributed by atoms with Crippen molar-refractivity contribution >= 4 is 22.7 Å². The van der Waals surface area contributed by atoms with Gasteiger partial charge in [0, 0.05) is 11.9 Å². The number of ketones is 1. The molecular formula is C30H25NO6. The van der Waals surface area contributed by atoms with E-state index in [1.54, 1.807) is 54.6 Å². The van der Waals surface area contributed by atoms with Crippen LogP contribution < -0.4 is 9.47 Å². The second-order valence-electron chi connectivity index (χ2n) is 8.57. The maximum absolute atomic E-state index is 13.8. The predicted molar refractivity (Wildman–Crippen MR) is 139 cm³/mol. The lowest BCUT2D eigenvalue weighted by atomic mass is 9.94. The van der Waals surface area contributed by atoms with E-state index in [1.807, 2.05) is 30.3 Å². The number of rotatable bonds is 9. The maximum atomic E-state index is 13.8. The summed E-state index contributed by atoms with van der Waals surface area (Å²) < 4.78 is 16.9. The molecule has 1 N–H and O–H groups in total. The summed E-state index contributed by atoms with van der Waals surface area (Å²) in [4.78, 5) is 28.7. The minimum atomic E-state index is -0.859. The molecule has 0 saturated carbocycles. The second kappa shape index (κ2) is 10.1. The Morgan fingerprint density at radius 2 is 1.86 bits per heavy atom. The zero-order valence-corrected chi connectivity index (χ0v) is 20.2. The van der Waals surface area contributed by atoms with Crippen LogP contribution in [0.15, 0.2) is 107 Å². The van der Waals surface area contributed by atoms with Crippen LogP contribution in [0.4, 0.5) is 0 Å². The number of hydrogen-bond donors (Lipinski definition) is 1. The molecule has 1 aliphatic heterocycles. The van der Waals surface area contributed by atoms with Crippen molar-refractivity contribution in [2.75, 3.05) is 13.7 Å². The van der Waals surface area contributed by atoms with Crippen molar-refractivity contribution in [3.63, 3.8) is 0 Å². The topological polar surface area (TPSA) is 89.2 Å². The van der Waals surface area contributed by atoms with E-state index in [1.165, 1.54) is 12.0 Å². The van der Waals surface area contributed by atoms with Crippen LogP contribution in [-0.2, 0) is 11.3 Å². The molecule has 5 rings (SSSR count). The van der Waals surface area contributed by atoms with Gasteiger partial charge in [-0.25, -0.2) is 0 Å². The number of hydrogen-bond acceptors (Lipinski definition) is 6. The van der Waals surface area contributed by atoms with Crippen LogP contribution in [-0.4, -0.2) is 35.4 Å². The lowest BCUT2D eigenvalue weighted by molar-refractivity contribution is -0.130. The van der Waals surface area contributed by atoms with Gasteiger partial charge in [-0.2, -0.15) is 0 Å². The monoisotopic (exact) mass is 495 g/mol. The fourth-order valence-electron chi connectivity index (χ4n) is 4.55. The Bertz CT molecular complexity index is 1520. The minimum Gasteiger partial charge on any atom is -0.503 e. The summed E-state index contributed by atoms with van der Waals surface area (Å²) in [6.07, 6.45) is 1.63. The molecule has 0 fully saturated rings. The van der Waals surface area contributed by atoms with E-state index in [-0.39, 0.29) is 17.9 Å².